The second-order valence-corrected chi connectivity index (χ2v) is 3.29. The highest BCUT2D eigenvalue weighted by molar-refractivity contribution is 5.29. The van der Waals surface area contributed by atoms with Gasteiger partial charge in [0.2, 0.25) is 0 Å². The van der Waals surface area contributed by atoms with Crippen molar-refractivity contribution in [3.8, 4) is 0 Å². The SMILES string of the molecule is OC1C2C(O)C3C1C23. The Morgan fingerprint density at radius 1 is 0.625 bits per heavy atom. The van der Waals surface area contributed by atoms with E-state index in [0.29, 0.717) is 17.8 Å². The van der Waals surface area contributed by atoms with Crippen molar-refractivity contribution < 1.29 is 10.2 Å². The fourth-order valence-corrected chi connectivity index (χ4v) is 2.69. The molecule has 0 aliphatic heterocycles. The van der Waals surface area contributed by atoms with Crippen molar-refractivity contribution in [2.24, 2.45) is 23.7 Å². The van der Waals surface area contributed by atoms with Gasteiger partial charge in [0.15, 0.2) is 0 Å². The van der Waals surface area contributed by atoms with Crippen LogP contribution in [0.2, 0.25) is 0 Å². The molecule has 44 valence electrons. The van der Waals surface area contributed by atoms with E-state index < -0.39 is 0 Å². The summed E-state index contributed by atoms with van der Waals surface area (Å²) in [5.74, 6) is 2.09. The molecule has 3 rings (SSSR count). The summed E-state index contributed by atoms with van der Waals surface area (Å²) < 4.78 is 0. The van der Waals surface area contributed by atoms with Gasteiger partial charge in [-0.05, 0) is 17.8 Å². The van der Waals surface area contributed by atoms with Gasteiger partial charge in [-0.3, -0.25) is 0 Å². The fraction of sp³-hybridized carbons (Fsp3) is 1.00. The Labute approximate surface area is 47.1 Å². The van der Waals surface area contributed by atoms with Gasteiger partial charge < -0.3 is 10.2 Å². The second kappa shape index (κ2) is 0.755. The van der Waals surface area contributed by atoms with Crippen molar-refractivity contribution in [1.29, 1.82) is 0 Å². The fourth-order valence-electron chi connectivity index (χ4n) is 2.69. The highest BCUT2D eigenvalue weighted by Gasteiger charge is 2.82. The first-order chi connectivity index (χ1) is 3.82. The molecule has 0 radical (unpaired) electrons. The number of hydrogen-bond acceptors (Lipinski definition) is 2. The van der Waals surface area contributed by atoms with Gasteiger partial charge in [0, 0.05) is 5.92 Å². The second-order valence-electron chi connectivity index (χ2n) is 3.29. The molecule has 4 atom stereocenters. The molecule has 3 saturated carbocycles. The number of hydrogen-bond donors (Lipinski definition) is 2. The first-order valence-electron chi connectivity index (χ1n) is 3.18. The summed E-state index contributed by atoms with van der Waals surface area (Å²) in [6.07, 6.45) is -0.250. The van der Waals surface area contributed by atoms with Crippen LogP contribution >= 0.6 is 0 Å². The Morgan fingerprint density at radius 3 is 1.25 bits per heavy atom. The van der Waals surface area contributed by atoms with Gasteiger partial charge in [-0.1, -0.05) is 0 Å². The summed E-state index contributed by atoms with van der Waals surface area (Å²) >= 11 is 0. The molecule has 0 saturated heterocycles. The molecule has 0 aromatic carbocycles. The Balaban J connectivity index is 2.01. The van der Waals surface area contributed by atoms with Crippen LogP contribution in [0.25, 0.3) is 0 Å². The molecule has 3 fully saturated rings. The van der Waals surface area contributed by atoms with Gasteiger partial charge in [0.25, 0.3) is 0 Å². The van der Waals surface area contributed by atoms with E-state index in [-0.39, 0.29) is 12.2 Å². The minimum Gasteiger partial charge on any atom is -0.392 e. The molecule has 0 heterocycles. The molecule has 4 unspecified atom stereocenters. The topological polar surface area (TPSA) is 40.5 Å². The molecule has 0 spiro atoms. The van der Waals surface area contributed by atoms with E-state index >= 15 is 0 Å². The van der Waals surface area contributed by atoms with Crippen LogP contribution in [0.4, 0.5) is 0 Å². The zero-order chi connectivity index (χ0) is 5.46. The summed E-state index contributed by atoms with van der Waals surface area (Å²) in [4.78, 5) is 0. The van der Waals surface area contributed by atoms with Crippen molar-refractivity contribution in [3.63, 3.8) is 0 Å². The lowest BCUT2D eigenvalue weighted by atomic mass is 9.74. The number of aliphatic hydroxyl groups is 2. The number of rotatable bonds is 0. The molecule has 0 amide bonds. The molecule has 2 N–H and O–H groups in total. The minimum atomic E-state index is -0.125. The van der Waals surface area contributed by atoms with Crippen molar-refractivity contribution in [3.05, 3.63) is 0 Å². The van der Waals surface area contributed by atoms with Gasteiger partial charge in [-0.25, -0.2) is 0 Å². The molecule has 0 aromatic rings. The van der Waals surface area contributed by atoms with E-state index in [0.717, 1.165) is 5.92 Å². The normalized spacial score (nSPS) is 81.8. The van der Waals surface area contributed by atoms with Crippen LogP contribution in [0.15, 0.2) is 0 Å². The van der Waals surface area contributed by atoms with E-state index in [1.54, 1.807) is 0 Å². The van der Waals surface area contributed by atoms with Crippen LogP contribution in [0.1, 0.15) is 0 Å². The van der Waals surface area contributed by atoms with E-state index in [1.165, 1.54) is 0 Å². The highest BCUT2D eigenvalue weighted by Crippen LogP contribution is 2.77. The van der Waals surface area contributed by atoms with E-state index in [9.17, 15) is 0 Å². The molecule has 2 heteroatoms. The smallest absolute Gasteiger partial charge is 0.0630 e. The Morgan fingerprint density at radius 2 is 1.12 bits per heavy atom. The lowest BCUT2D eigenvalue weighted by Gasteiger charge is -2.36. The standard InChI is InChI=1S/C6H8O2/c7-5-2-1-3(2)6(8)4(1)5/h1-8H. The molecule has 0 aromatic heterocycles. The van der Waals surface area contributed by atoms with Crippen LogP contribution in [0, 0.1) is 23.7 Å². The third kappa shape index (κ3) is 0.160. The predicted molar refractivity (Wildman–Crippen MR) is 26.0 cm³/mol. The minimum absolute atomic E-state index is 0.125. The van der Waals surface area contributed by atoms with Gasteiger partial charge in [0.05, 0.1) is 12.2 Å². The van der Waals surface area contributed by atoms with Crippen LogP contribution in [-0.4, -0.2) is 22.4 Å². The summed E-state index contributed by atoms with van der Waals surface area (Å²) in [7, 11) is 0. The maximum atomic E-state index is 9.08. The van der Waals surface area contributed by atoms with Crippen LogP contribution in [0.3, 0.4) is 0 Å². The molecule has 8 heavy (non-hydrogen) atoms. The molecule has 0 bridgehead atoms. The largest absolute Gasteiger partial charge is 0.392 e. The monoisotopic (exact) mass is 112 g/mol. The van der Waals surface area contributed by atoms with E-state index in [2.05, 4.69) is 0 Å². The molecule has 3 aliphatic rings. The number of aliphatic hydroxyl groups excluding tert-OH is 2. The van der Waals surface area contributed by atoms with E-state index in [1.807, 2.05) is 0 Å². The highest BCUT2D eigenvalue weighted by atomic mass is 16.3. The quantitative estimate of drug-likeness (QED) is 0.431. The summed E-state index contributed by atoms with van der Waals surface area (Å²) in [6.45, 7) is 0. The average molecular weight is 112 g/mol. The summed E-state index contributed by atoms with van der Waals surface area (Å²) in [5, 5.41) is 18.2. The van der Waals surface area contributed by atoms with Crippen LogP contribution in [-0.2, 0) is 0 Å². The molecule has 2 nitrogen and oxygen atoms in total. The van der Waals surface area contributed by atoms with Crippen LogP contribution in [0.5, 0.6) is 0 Å². The maximum absolute atomic E-state index is 9.08. The van der Waals surface area contributed by atoms with E-state index in [4.69, 9.17) is 10.2 Å². The molecule has 3 aliphatic carbocycles. The Hall–Kier alpha value is -0.0800. The maximum Gasteiger partial charge on any atom is 0.0630 e. The molecular weight excluding hydrogens is 104 g/mol. The van der Waals surface area contributed by atoms with Crippen molar-refractivity contribution in [1.82, 2.24) is 0 Å². The van der Waals surface area contributed by atoms with Gasteiger partial charge in [-0.15, -0.1) is 0 Å². The van der Waals surface area contributed by atoms with Crippen LogP contribution < -0.4 is 0 Å². The summed E-state index contributed by atoms with van der Waals surface area (Å²) in [5.41, 5.74) is 0. The third-order valence-electron chi connectivity index (χ3n) is 3.21. The van der Waals surface area contributed by atoms with Crippen molar-refractivity contribution in [2.45, 2.75) is 12.2 Å². The van der Waals surface area contributed by atoms with Crippen molar-refractivity contribution in [2.75, 3.05) is 0 Å². The van der Waals surface area contributed by atoms with Gasteiger partial charge in [-0.2, -0.15) is 0 Å². The zero-order valence-corrected chi connectivity index (χ0v) is 4.36. The lowest BCUT2D eigenvalue weighted by Crippen LogP contribution is -2.45. The van der Waals surface area contributed by atoms with Gasteiger partial charge in [0.1, 0.15) is 0 Å². The lowest BCUT2D eigenvalue weighted by molar-refractivity contribution is -0.0727. The molecular formula is C6H8O2. The first-order valence-corrected chi connectivity index (χ1v) is 3.18. The number of fused-ring (bicyclic) bond motifs is 1. The predicted octanol–water partition coefficient (Wildman–Crippen LogP) is -0.786. The Bertz CT molecular complexity index is 137. The zero-order valence-electron chi connectivity index (χ0n) is 4.36. The Kier molecular flexibility index (Phi) is 0.364. The third-order valence-corrected chi connectivity index (χ3v) is 3.21. The van der Waals surface area contributed by atoms with Gasteiger partial charge >= 0.3 is 0 Å². The van der Waals surface area contributed by atoms with Crippen molar-refractivity contribution >= 4 is 0 Å². The summed E-state index contributed by atoms with van der Waals surface area (Å²) in [6, 6.07) is 0. The first kappa shape index (κ1) is 3.85. The average Bonchev–Trinajstić information content (AvgIpc) is 2.21.